The van der Waals surface area contributed by atoms with Gasteiger partial charge in [0.15, 0.2) is 5.13 Å². The molecule has 0 saturated carbocycles. The van der Waals surface area contributed by atoms with Gasteiger partial charge in [-0.1, -0.05) is 12.1 Å². The summed E-state index contributed by atoms with van der Waals surface area (Å²) in [6.45, 7) is 1.52. The third-order valence-corrected chi connectivity index (χ3v) is 5.19. The van der Waals surface area contributed by atoms with E-state index in [-0.39, 0.29) is 17.0 Å². The SMILES string of the molecule is Br.COc1ccc(-c2csc(NCc3ccc4c(c3)CCO4)n2)c(OC)c1. The van der Waals surface area contributed by atoms with Gasteiger partial charge >= 0.3 is 0 Å². The Morgan fingerprint density at radius 1 is 1.15 bits per heavy atom. The molecule has 0 amide bonds. The summed E-state index contributed by atoms with van der Waals surface area (Å²) in [7, 11) is 3.30. The van der Waals surface area contributed by atoms with E-state index < -0.39 is 0 Å². The average Bonchev–Trinajstić information content (AvgIpc) is 3.34. The minimum Gasteiger partial charge on any atom is -0.497 e. The molecule has 3 aromatic rings. The predicted molar refractivity (Wildman–Crippen MR) is 114 cm³/mol. The predicted octanol–water partition coefficient (Wildman–Crippen LogP) is 4.95. The van der Waals surface area contributed by atoms with E-state index in [0.29, 0.717) is 0 Å². The summed E-state index contributed by atoms with van der Waals surface area (Å²) in [6.07, 6.45) is 0.988. The fraction of sp³-hybridized carbons (Fsp3) is 0.250. The zero-order chi connectivity index (χ0) is 17.9. The lowest BCUT2D eigenvalue weighted by Crippen LogP contribution is -1.99. The number of fused-ring (bicyclic) bond motifs is 1. The van der Waals surface area contributed by atoms with Gasteiger partial charge in [-0.2, -0.15) is 0 Å². The summed E-state index contributed by atoms with van der Waals surface area (Å²) in [5, 5.41) is 6.32. The van der Waals surface area contributed by atoms with E-state index in [9.17, 15) is 0 Å². The number of thiazole rings is 1. The van der Waals surface area contributed by atoms with Crippen molar-refractivity contribution in [3.8, 4) is 28.5 Å². The Morgan fingerprint density at radius 2 is 2.04 bits per heavy atom. The van der Waals surface area contributed by atoms with Crippen molar-refractivity contribution >= 4 is 33.4 Å². The first-order valence-corrected chi connectivity index (χ1v) is 9.31. The zero-order valence-electron chi connectivity index (χ0n) is 15.2. The van der Waals surface area contributed by atoms with Crippen molar-refractivity contribution in [2.24, 2.45) is 0 Å². The van der Waals surface area contributed by atoms with E-state index >= 15 is 0 Å². The van der Waals surface area contributed by atoms with Crippen molar-refractivity contribution in [3.63, 3.8) is 0 Å². The van der Waals surface area contributed by atoms with Crippen molar-refractivity contribution in [1.82, 2.24) is 4.98 Å². The molecule has 4 rings (SSSR count). The third kappa shape index (κ3) is 4.20. The maximum atomic E-state index is 5.56. The lowest BCUT2D eigenvalue weighted by Gasteiger charge is -2.08. The van der Waals surface area contributed by atoms with E-state index in [0.717, 1.165) is 53.2 Å². The molecule has 0 atom stereocenters. The van der Waals surface area contributed by atoms with Gasteiger partial charge in [-0.05, 0) is 29.3 Å². The van der Waals surface area contributed by atoms with Crippen molar-refractivity contribution in [2.45, 2.75) is 13.0 Å². The molecule has 2 heterocycles. The number of benzene rings is 2. The fourth-order valence-corrected chi connectivity index (χ4v) is 3.73. The van der Waals surface area contributed by atoms with Crippen LogP contribution >= 0.6 is 28.3 Å². The molecule has 0 bridgehead atoms. The van der Waals surface area contributed by atoms with Crippen molar-refractivity contribution in [3.05, 3.63) is 52.9 Å². The Hall–Kier alpha value is -2.25. The second-order valence-corrected chi connectivity index (χ2v) is 6.86. The third-order valence-electron chi connectivity index (χ3n) is 4.39. The number of anilines is 1. The second kappa shape index (κ2) is 8.63. The highest BCUT2D eigenvalue weighted by atomic mass is 79.9. The Balaban J connectivity index is 0.00000210. The number of halogens is 1. The molecule has 1 N–H and O–H groups in total. The van der Waals surface area contributed by atoms with Gasteiger partial charge in [0.2, 0.25) is 0 Å². The summed E-state index contributed by atoms with van der Waals surface area (Å²) in [5.74, 6) is 2.52. The number of aromatic nitrogens is 1. The fourth-order valence-electron chi connectivity index (χ4n) is 3.02. The molecule has 0 saturated heterocycles. The molecule has 0 spiro atoms. The lowest BCUT2D eigenvalue weighted by atomic mass is 10.1. The summed E-state index contributed by atoms with van der Waals surface area (Å²) in [5.41, 5.74) is 4.35. The van der Waals surface area contributed by atoms with E-state index in [1.165, 1.54) is 11.1 Å². The van der Waals surface area contributed by atoms with Gasteiger partial charge in [0.05, 0.1) is 26.5 Å². The van der Waals surface area contributed by atoms with Crippen molar-refractivity contribution in [2.75, 3.05) is 26.1 Å². The van der Waals surface area contributed by atoms with Gasteiger partial charge in [-0.25, -0.2) is 4.98 Å². The number of hydrogen-bond donors (Lipinski definition) is 1. The Kier molecular flexibility index (Phi) is 6.23. The molecule has 0 unspecified atom stereocenters. The summed E-state index contributed by atoms with van der Waals surface area (Å²) >= 11 is 1.58. The minimum absolute atomic E-state index is 0. The van der Waals surface area contributed by atoms with Crippen LogP contribution in [0.15, 0.2) is 41.8 Å². The number of hydrogen-bond acceptors (Lipinski definition) is 6. The van der Waals surface area contributed by atoms with Gasteiger partial charge < -0.3 is 19.5 Å². The van der Waals surface area contributed by atoms with E-state index in [1.807, 2.05) is 23.6 Å². The van der Waals surface area contributed by atoms with Crippen LogP contribution in [0.3, 0.4) is 0 Å². The first-order valence-electron chi connectivity index (χ1n) is 8.43. The molecule has 142 valence electrons. The Morgan fingerprint density at radius 3 is 2.85 bits per heavy atom. The molecule has 2 aromatic carbocycles. The molecule has 7 heteroatoms. The smallest absolute Gasteiger partial charge is 0.183 e. The quantitative estimate of drug-likeness (QED) is 0.577. The van der Waals surface area contributed by atoms with Crippen molar-refractivity contribution < 1.29 is 14.2 Å². The highest BCUT2D eigenvalue weighted by Crippen LogP contribution is 2.35. The zero-order valence-corrected chi connectivity index (χ0v) is 17.7. The minimum atomic E-state index is 0. The largest absolute Gasteiger partial charge is 0.497 e. The van der Waals surface area contributed by atoms with Crippen LogP contribution in [0.2, 0.25) is 0 Å². The number of ether oxygens (including phenoxy) is 3. The highest BCUT2D eigenvalue weighted by Gasteiger charge is 2.13. The molecule has 1 aromatic heterocycles. The van der Waals surface area contributed by atoms with Gasteiger partial charge in [0, 0.05) is 30.0 Å². The molecular formula is C20H21BrN2O3S. The Bertz CT molecular complexity index is 929. The van der Waals surface area contributed by atoms with Crippen LogP contribution in [0.1, 0.15) is 11.1 Å². The molecule has 1 aliphatic rings. The monoisotopic (exact) mass is 448 g/mol. The molecule has 27 heavy (non-hydrogen) atoms. The Labute approximate surface area is 173 Å². The van der Waals surface area contributed by atoms with Gasteiger partial charge in [0.1, 0.15) is 17.2 Å². The summed E-state index contributed by atoms with van der Waals surface area (Å²) < 4.78 is 16.3. The van der Waals surface area contributed by atoms with Crippen LogP contribution < -0.4 is 19.5 Å². The van der Waals surface area contributed by atoms with Gasteiger partial charge in [0.25, 0.3) is 0 Å². The topological polar surface area (TPSA) is 52.6 Å². The van der Waals surface area contributed by atoms with E-state index in [1.54, 1.807) is 25.6 Å². The van der Waals surface area contributed by atoms with Crippen LogP contribution in [-0.4, -0.2) is 25.8 Å². The average molecular weight is 449 g/mol. The highest BCUT2D eigenvalue weighted by molar-refractivity contribution is 8.93. The van der Waals surface area contributed by atoms with Crippen LogP contribution in [0.25, 0.3) is 11.3 Å². The van der Waals surface area contributed by atoms with Gasteiger partial charge in [-0.3, -0.25) is 0 Å². The lowest BCUT2D eigenvalue weighted by molar-refractivity contribution is 0.357. The molecule has 0 radical (unpaired) electrons. The molecule has 1 aliphatic heterocycles. The number of rotatable bonds is 6. The molecule has 5 nitrogen and oxygen atoms in total. The maximum Gasteiger partial charge on any atom is 0.183 e. The van der Waals surface area contributed by atoms with Crippen LogP contribution in [-0.2, 0) is 13.0 Å². The first kappa shape index (κ1) is 19.5. The summed E-state index contributed by atoms with van der Waals surface area (Å²) in [4.78, 5) is 4.69. The number of nitrogens with zero attached hydrogens (tertiary/aromatic N) is 1. The maximum absolute atomic E-state index is 5.56. The van der Waals surface area contributed by atoms with Gasteiger partial charge in [-0.15, -0.1) is 28.3 Å². The van der Waals surface area contributed by atoms with E-state index in [2.05, 4.69) is 23.5 Å². The summed E-state index contributed by atoms with van der Waals surface area (Å²) in [6, 6.07) is 12.1. The molecular weight excluding hydrogens is 428 g/mol. The molecule has 0 aliphatic carbocycles. The van der Waals surface area contributed by atoms with Crippen LogP contribution in [0, 0.1) is 0 Å². The number of nitrogens with one attached hydrogen (secondary N) is 1. The first-order chi connectivity index (χ1) is 12.8. The van der Waals surface area contributed by atoms with Crippen LogP contribution in [0.4, 0.5) is 5.13 Å². The van der Waals surface area contributed by atoms with E-state index in [4.69, 9.17) is 19.2 Å². The normalized spacial score (nSPS) is 11.9. The van der Waals surface area contributed by atoms with Crippen LogP contribution in [0.5, 0.6) is 17.2 Å². The van der Waals surface area contributed by atoms with Crippen molar-refractivity contribution in [1.29, 1.82) is 0 Å². The standard InChI is InChI=1S/C20H20N2O3S.BrH/c1-23-15-4-5-16(19(10-15)24-2)17-12-26-20(22-17)21-11-13-3-6-18-14(9-13)7-8-25-18;/h3-6,9-10,12H,7-8,11H2,1-2H3,(H,21,22);1H. The second-order valence-electron chi connectivity index (χ2n) is 6.00. The molecule has 0 fully saturated rings. The number of methoxy groups -OCH3 is 2.